The van der Waals surface area contributed by atoms with E-state index in [0.29, 0.717) is 23.5 Å². The van der Waals surface area contributed by atoms with Crippen LogP contribution in [-0.4, -0.2) is 33.7 Å². The lowest BCUT2D eigenvalue weighted by Crippen LogP contribution is -2.32. The minimum atomic E-state index is -3.32. The van der Waals surface area contributed by atoms with E-state index < -0.39 is 16.1 Å². The number of carbonyl (C=O) groups excluding carboxylic acids is 1. The highest BCUT2D eigenvalue weighted by molar-refractivity contribution is 7.92. The van der Waals surface area contributed by atoms with E-state index in [-0.39, 0.29) is 5.91 Å². The summed E-state index contributed by atoms with van der Waals surface area (Å²) in [5, 5.41) is 2.81. The SMILES string of the molecule is CC[C@@H](Oc1ccc(N(C)S(C)(=O)=O)cc1)C(=O)Nc1ccccc1. The first kappa shape index (κ1) is 18.8. The molecule has 0 radical (unpaired) electrons. The van der Waals surface area contributed by atoms with E-state index in [2.05, 4.69) is 5.32 Å². The highest BCUT2D eigenvalue weighted by atomic mass is 32.2. The molecular weight excluding hydrogens is 340 g/mol. The molecule has 1 N–H and O–H groups in total. The van der Waals surface area contributed by atoms with Crippen molar-refractivity contribution < 1.29 is 17.9 Å². The largest absolute Gasteiger partial charge is 0.481 e. The number of benzene rings is 2. The van der Waals surface area contributed by atoms with Crippen LogP contribution >= 0.6 is 0 Å². The molecule has 25 heavy (non-hydrogen) atoms. The van der Waals surface area contributed by atoms with Crippen molar-refractivity contribution in [2.75, 3.05) is 22.9 Å². The molecule has 2 rings (SSSR count). The van der Waals surface area contributed by atoms with Crippen molar-refractivity contribution in [1.82, 2.24) is 0 Å². The topological polar surface area (TPSA) is 75.7 Å². The molecule has 0 saturated heterocycles. The van der Waals surface area contributed by atoms with Gasteiger partial charge in [-0.2, -0.15) is 0 Å². The lowest BCUT2D eigenvalue weighted by molar-refractivity contribution is -0.122. The average molecular weight is 362 g/mol. The van der Waals surface area contributed by atoms with Crippen LogP contribution in [-0.2, 0) is 14.8 Å². The minimum Gasteiger partial charge on any atom is -0.481 e. The zero-order chi connectivity index (χ0) is 18.4. The molecule has 1 atom stereocenters. The van der Waals surface area contributed by atoms with E-state index in [0.717, 1.165) is 6.26 Å². The van der Waals surface area contributed by atoms with Gasteiger partial charge in [0.15, 0.2) is 6.10 Å². The molecule has 0 aliphatic carbocycles. The molecule has 2 aromatic rings. The Kier molecular flexibility index (Phi) is 6.03. The van der Waals surface area contributed by atoms with Gasteiger partial charge in [-0.05, 0) is 42.8 Å². The van der Waals surface area contributed by atoms with Crippen molar-refractivity contribution in [3.63, 3.8) is 0 Å². The van der Waals surface area contributed by atoms with Crippen molar-refractivity contribution in [2.45, 2.75) is 19.4 Å². The maximum Gasteiger partial charge on any atom is 0.265 e. The highest BCUT2D eigenvalue weighted by Crippen LogP contribution is 2.22. The van der Waals surface area contributed by atoms with Gasteiger partial charge in [-0.1, -0.05) is 25.1 Å². The summed E-state index contributed by atoms with van der Waals surface area (Å²) in [4.78, 5) is 12.3. The van der Waals surface area contributed by atoms with Gasteiger partial charge in [0.1, 0.15) is 5.75 Å². The lowest BCUT2D eigenvalue weighted by Gasteiger charge is -2.19. The summed E-state index contributed by atoms with van der Waals surface area (Å²) >= 11 is 0. The van der Waals surface area contributed by atoms with Gasteiger partial charge in [0.05, 0.1) is 11.9 Å². The van der Waals surface area contributed by atoms with Gasteiger partial charge in [0.25, 0.3) is 5.91 Å². The molecule has 1 amide bonds. The summed E-state index contributed by atoms with van der Waals surface area (Å²) in [6, 6.07) is 15.7. The van der Waals surface area contributed by atoms with Crippen molar-refractivity contribution in [3.05, 3.63) is 54.6 Å². The molecule has 7 heteroatoms. The van der Waals surface area contributed by atoms with Crippen LogP contribution in [0.1, 0.15) is 13.3 Å². The number of rotatable bonds is 7. The Bertz CT molecular complexity index is 805. The number of anilines is 2. The Labute approximate surface area is 148 Å². The number of hydrogen-bond donors (Lipinski definition) is 1. The summed E-state index contributed by atoms with van der Waals surface area (Å²) in [6.07, 6.45) is 1.00. The molecule has 2 aromatic carbocycles. The first-order chi connectivity index (χ1) is 11.8. The predicted molar refractivity (Wildman–Crippen MR) is 99.5 cm³/mol. The van der Waals surface area contributed by atoms with Gasteiger partial charge in [0.2, 0.25) is 10.0 Å². The first-order valence-corrected chi connectivity index (χ1v) is 9.72. The molecule has 6 nitrogen and oxygen atoms in total. The van der Waals surface area contributed by atoms with E-state index in [1.165, 1.54) is 11.4 Å². The summed E-state index contributed by atoms with van der Waals surface area (Å²) in [6.45, 7) is 1.86. The Morgan fingerprint density at radius 1 is 1.12 bits per heavy atom. The molecule has 0 fully saturated rings. The molecule has 0 heterocycles. The maximum absolute atomic E-state index is 12.3. The number of ether oxygens (including phenoxy) is 1. The lowest BCUT2D eigenvalue weighted by atomic mass is 10.2. The third-order valence-corrected chi connectivity index (χ3v) is 4.89. The molecule has 0 unspecified atom stereocenters. The zero-order valence-electron chi connectivity index (χ0n) is 14.5. The van der Waals surface area contributed by atoms with Crippen molar-refractivity contribution in [3.8, 4) is 5.75 Å². The third kappa shape index (κ3) is 5.22. The van der Waals surface area contributed by atoms with Crippen LogP contribution in [0.4, 0.5) is 11.4 Å². The fourth-order valence-corrected chi connectivity index (χ4v) is 2.66. The molecule has 0 aliphatic heterocycles. The third-order valence-electron chi connectivity index (χ3n) is 3.68. The number of carbonyl (C=O) groups is 1. The molecule has 0 spiro atoms. The van der Waals surface area contributed by atoms with Crippen LogP contribution in [0.25, 0.3) is 0 Å². The van der Waals surface area contributed by atoms with E-state index in [1.54, 1.807) is 36.4 Å². The summed E-state index contributed by atoms with van der Waals surface area (Å²) in [5.74, 6) is 0.270. The molecule has 134 valence electrons. The molecule has 0 bridgehead atoms. The fraction of sp³-hybridized carbons (Fsp3) is 0.278. The smallest absolute Gasteiger partial charge is 0.265 e. The van der Waals surface area contributed by atoms with Gasteiger partial charge in [-0.15, -0.1) is 0 Å². The molecule has 0 saturated carbocycles. The van der Waals surface area contributed by atoms with Gasteiger partial charge >= 0.3 is 0 Å². The monoisotopic (exact) mass is 362 g/mol. The summed E-state index contributed by atoms with van der Waals surface area (Å²) in [5.41, 5.74) is 1.23. The number of nitrogens with zero attached hydrogens (tertiary/aromatic N) is 1. The maximum atomic E-state index is 12.3. The van der Waals surface area contributed by atoms with E-state index >= 15 is 0 Å². The Hall–Kier alpha value is -2.54. The van der Waals surface area contributed by atoms with Crippen molar-refractivity contribution in [1.29, 1.82) is 0 Å². The zero-order valence-corrected chi connectivity index (χ0v) is 15.3. The highest BCUT2D eigenvalue weighted by Gasteiger charge is 2.19. The van der Waals surface area contributed by atoms with Crippen LogP contribution in [0.5, 0.6) is 5.75 Å². The molecular formula is C18H22N2O4S. The predicted octanol–water partition coefficient (Wildman–Crippen LogP) is 2.88. The first-order valence-electron chi connectivity index (χ1n) is 7.88. The summed E-state index contributed by atoms with van der Waals surface area (Å²) < 4.78 is 30.0. The number of amides is 1. The van der Waals surface area contributed by atoms with E-state index in [1.807, 2.05) is 25.1 Å². The second-order valence-corrected chi connectivity index (χ2v) is 7.61. The number of nitrogens with one attached hydrogen (secondary N) is 1. The molecule has 0 aliphatic rings. The van der Waals surface area contributed by atoms with E-state index in [9.17, 15) is 13.2 Å². The number of para-hydroxylation sites is 1. The second-order valence-electron chi connectivity index (χ2n) is 5.59. The average Bonchev–Trinajstić information content (AvgIpc) is 2.59. The summed E-state index contributed by atoms with van der Waals surface area (Å²) in [7, 11) is -1.84. The van der Waals surface area contributed by atoms with Crippen molar-refractivity contribution >= 4 is 27.3 Å². The Morgan fingerprint density at radius 2 is 1.72 bits per heavy atom. The van der Waals surface area contributed by atoms with Crippen LogP contribution < -0.4 is 14.4 Å². The Balaban J connectivity index is 2.05. The van der Waals surface area contributed by atoms with Gasteiger partial charge < -0.3 is 10.1 Å². The van der Waals surface area contributed by atoms with Gasteiger partial charge in [-0.25, -0.2) is 8.42 Å². The van der Waals surface area contributed by atoms with Gasteiger partial charge in [0, 0.05) is 12.7 Å². The standard InChI is InChI=1S/C18H22N2O4S/c1-4-17(18(21)19-14-8-6-5-7-9-14)24-16-12-10-15(11-13-16)20(2)25(3,22)23/h5-13,17H,4H2,1-3H3,(H,19,21)/t17-/m1/s1. The number of sulfonamides is 1. The molecule has 0 aromatic heterocycles. The van der Waals surface area contributed by atoms with E-state index in [4.69, 9.17) is 4.74 Å². The minimum absolute atomic E-state index is 0.231. The Morgan fingerprint density at radius 3 is 2.24 bits per heavy atom. The van der Waals surface area contributed by atoms with Crippen LogP contribution in [0.15, 0.2) is 54.6 Å². The van der Waals surface area contributed by atoms with Crippen molar-refractivity contribution in [2.24, 2.45) is 0 Å². The van der Waals surface area contributed by atoms with Crippen LogP contribution in [0.2, 0.25) is 0 Å². The van der Waals surface area contributed by atoms with Crippen LogP contribution in [0, 0.1) is 0 Å². The fourth-order valence-electron chi connectivity index (χ4n) is 2.16. The number of hydrogen-bond acceptors (Lipinski definition) is 4. The van der Waals surface area contributed by atoms with Crippen LogP contribution in [0.3, 0.4) is 0 Å². The van der Waals surface area contributed by atoms with Gasteiger partial charge in [-0.3, -0.25) is 9.10 Å². The normalized spacial score (nSPS) is 12.3. The second kappa shape index (κ2) is 8.02. The quantitative estimate of drug-likeness (QED) is 0.822.